The summed E-state index contributed by atoms with van der Waals surface area (Å²) in [5, 5.41) is 10.8. The van der Waals surface area contributed by atoms with Crippen LogP contribution < -0.4 is 5.32 Å². The van der Waals surface area contributed by atoms with Crippen molar-refractivity contribution in [1.29, 1.82) is 0 Å². The first-order valence-corrected chi connectivity index (χ1v) is 8.22. The molecule has 0 bridgehead atoms. The third-order valence-corrected chi connectivity index (χ3v) is 4.46. The highest BCUT2D eigenvalue weighted by Gasteiger charge is 2.19. The van der Waals surface area contributed by atoms with Crippen molar-refractivity contribution >= 4 is 17.5 Å². The lowest BCUT2D eigenvalue weighted by Crippen LogP contribution is -2.34. The van der Waals surface area contributed by atoms with Gasteiger partial charge in [0, 0.05) is 16.6 Å². The Morgan fingerprint density at radius 2 is 1.82 bits per heavy atom. The fraction of sp³-hybridized carbons (Fsp3) is 0.412. The number of rotatable bonds is 3. The molecule has 0 radical (unpaired) electrons. The van der Waals surface area contributed by atoms with Crippen molar-refractivity contribution in [3.63, 3.8) is 0 Å². The van der Waals surface area contributed by atoms with Crippen LogP contribution in [-0.4, -0.2) is 22.1 Å². The summed E-state index contributed by atoms with van der Waals surface area (Å²) in [6.07, 6.45) is 8.67. The van der Waals surface area contributed by atoms with Gasteiger partial charge < -0.3 is 5.32 Å². The predicted molar refractivity (Wildman–Crippen MR) is 88.0 cm³/mol. The number of aromatic amines is 1. The fourth-order valence-corrected chi connectivity index (χ4v) is 3.11. The topological polar surface area (TPSA) is 57.8 Å². The van der Waals surface area contributed by atoms with Crippen LogP contribution in [-0.2, 0) is 0 Å². The number of benzene rings is 1. The molecule has 1 fully saturated rings. The molecule has 1 amide bonds. The first-order valence-electron chi connectivity index (χ1n) is 7.84. The number of H-pyrrole nitrogens is 1. The Balaban J connectivity index is 1.76. The zero-order valence-electron chi connectivity index (χ0n) is 12.4. The Hall–Kier alpha value is -1.81. The second kappa shape index (κ2) is 6.97. The summed E-state index contributed by atoms with van der Waals surface area (Å²) in [5.74, 6) is -0.0504. The molecule has 2 N–H and O–H groups in total. The monoisotopic (exact) mass is 317 g/mol. The minimum Gasteiger partial charge on any atom is -0.349 e. The average molecular weight is 318 g/mol. The zero-order chi connectivity index (χ0) is 15.4. The second-order valence-electron chi connectivity index (χ2n) is 5.83. The molecule has 5 heteroatoms. The Kier molecular flexibility index (Phi) is 4.78. The van der Waals surface area contributed by atoms with Crippen LogP contribution in [0.2, 0.25) is 5.02 Å². The number of nitrogens with zero attached hydrogens (tertiary/aromatic N) is 1. The molecule has 1 aromatic heterocycles. The van der Waals surface area contributed by atoms with Gasteiger partial charge in [-0.15, -0.1) is 0 Å². The molecule has 1 aliphatic rings. The molecule has 3 rings (SSSR count). The molecule has 1 aromatic carbocycles. The van der Waals surface area contributed by atoms with E-state index in [4.69, 9.17) is 11.6 Å². The third-order valence-electron chi connectivity index (χ3n) is 4.21. The van der Waals surface area contributed by atoms with Gasteiger partial charge in [0.15, 0.2) is 0 Å². The number of carbonyl (C=O) groups excluding carboxylic acids is 1. The number of hydrogen-bond donors (Lipinski definition) is 2. The maximum Gasteiger partial charge on any atom is 0.255 e. The van der Waals surface area contributed by atoms with Crippen molar-refractivity contribution in [1.82, 2.24) is 15.5 Å². The van der Waals surface area contributed by atoms with Crippen LogP contribution >= 0.6 is 11.6 Å². The average Bonchev–Trinajstić information content (AvgIpc) is 2.87. The van der Waals surface area contributed by atoms with Crippen molar-refractivity contribution < 1.29 is 4.79 Å². The van der Waals surface area contributed by atoms with E-state index < -0.39 is 0 Å². The largest absolute Gasteiger partial charge is 0.349 e. The highest BCUT2D eigenvalue weighted by molar-refractivity contribution is 6.30. The number of carbonyl (C=O) groups is 1. The van der Waals surface area contributed by atoms with E-state index in [9.17, 15) is 4.79 Å². The highest BCUT2D eigenvalue weighted by Crippen LogP contribution is 2.24. The molecule has 4 nitrogen and oxygen atoms in total. The lowest BCUT2D eigenvalue weighted by Gasteiger charge is -2.16. The number of halogens is 1. The summed E-state index contributed by atoms with van der Waals surface area (Å²) in [4.78, 5) is 12.6. The van der Waals surface area contributed by atoms with E-state index >= 15 is 0 Å². The molecule has 1 saturated carbocycles. The van der Waals surface area contributed by atoms with E-state index in [2.05, 4.69) is 15.5 Å². The summed E-state index contributed by atoms with van der Waals surface area (Å²) in [6, 6.07) is 7.68. The van der Waals surface area contributed by atoms with Gasteiger partial charge in [0.05, 0.1) is 17.5 Å². The maximum atomic E-state index is 12.6. The lowest BCUT2D eigenvalue weighted by molar-refractivity contribution is 0.0934. The van der Waals surface area contributed by atoms with Crippen LogP contribution in [0.4, 0.5) is 0 Å². The van der Waals surface area contributed by atoms with Crippen molar-refractivity contribution in [3.8, 4) is 11.3 Å². The highest BCUT2D eigenvalue weighted by atomic mass is 35.5. The van der Waals surface area contributed by atoms with Crippen molar-refractivity contribution in [2.45, 2.75) is 44.6 Å². The maximum absolute atomic E-state index is 12.6. The minimum atomic E-state index is -0.0504. The Bertz CT molecular complexity index is 628. The fourth-order valence-electron chi connectivity index (χ4n) is 2.98. The first-order chi connectivity index (χ1) is 10.7. The summed E-state index contributed by atoms with van der Waals surface area (Å²) < 4.78 is 0. The van der Waals surface area contributed by atoms with Gasteiger partial charge in [-0.3, -0.25) is 9.89 Å². The molecule has 0 atom stereocenters. The molecular formula is C17H20ClN3O. The zero-order valence-corrected chi connectivity index (χ0v) is 13.2. The molecule has 0 aliphatic heterocycles. The van der Waals surface area contributed by atoms with Gasteiger partial charge in [-0.2, -0.15) is 5.10 Å². The van der Waals surface area contributed by atoms with Crippen molar-refractivity contribution in [2.75, 3.05) is 0 Å². The van der Waals surface area contributed by atoms with Gasteiger partial charge in [-0.05, 0) is 25.0 Å². The normalized spacial score (nSPS) is 16.2. The molecule has 116 valence electrons. The Labute approximate surface area is 135 Å². The van der Waals surface area contributed by atoms with E-state index in [1.807, 2.05) is 24.3 Å². The quantitative estimate of drug-likeness (QED) is 0.834. The third kappa shape index (κ3) is 3.50. The number of hydrogen-bond acceptors (Lipinski definition) is 2. The Morgan fingerprint density at radius 3 is 2.50 bits per heavy atom. The predicted octanol–water partition coefficient (Wildman–Crippen LogP) is 4.18. The van der Waals surface area contributed by atoms with Crippen LogP contribution in [0.25, 0.3) is 11.3 Å². The van der Waals surface area contributed by atoms with E-state index in [0.29, 0.717) is 10.6 Å². The van der Waals surface area contributed by atoms with Crippen LogP contribution in [0.5, 0.6) is 0 Å². The van der Waals surface area contributed by atoms with Gasteiger partial charge in [-0.1, -0.05) is 49.4 Å². The minimum absolute atomic E-state index is 0.0504. The van der Waals surface area contributed by atoms with Gasteiger partial charge in [0.1, 0.15) is 0 Å². The smallest absolute Gasteiger partial charge is 0.255 e. The van der Waals surface area contributed by atoms with E-state index in [1.165, 1.54) is 25.7 Å². The molecule has 1 aliphatic carbocycles. The number of nitrogens with one attached hydrogen (secondary N) is 2. The lowest BCUT2D eigenvalue weighted by atomic mass is 10.1. The molecule has 0 saturated heterocycles. The van der Waals surface area contributed by atoms with Crippen molar-refractivity contribution in [3.05, 3.63) is 41.0 Å². The summed E-state index contributed by atoms with van der Waals surface area (Å²) in [6.45, 7) is 0. The van der Waals surface area contributed by atoms with Gasteiger partial charge in [0.2, 0.25) is 0 Å². The first kappa shape index (κ1) is 15.1. The Morgan fingerprint density at radius 1 is 1.14 bits per heavy atom. The van der Waals surface area contributed by atoms with Crippen LogP contribution in [0, 0.1) is 0 Å². The van der Waals surface area contributed by atoms with E-state index in [-0.39, 0.29) is 11.9 Å². The van der Waals surface area contributed by atoms with Crippen LogP contribution in [0.1, 0.15) is 48.9 Å². The summed E-state index contributed by atoms with van der Waals surface area (Å²) >= 11 is 5.91. The van der Waals surface area contributed by atoms with Gasteiger partial charge >= 0.3 is 0 Å². The van der Waals surface area contributed by atoms with Crippen molar-refractivity contribution in [2.24, 2.45) is 0 Å². The molecule has 2 aromatic rings. The standard InChI is InChI=1S/C17H20ClN3O/c18-13-9-7-12(8-10-13)16-15(11-19-21-16)17(22)20-14-5-3-1-2-4-6-14/h7-11,14H,1-6H2,(H,19,21)(H,20,22). The van der Waals surface area contributed by atoms with Gasteiger partial charge in [-0.25, -0.2) is 0 Å². The SMILES string of the molecule is O=C(NC1CCCCCC1)c1cn[nH]c1-c1ccc(Cl)cc1. The van der Waals surface area contributed by atoms with Crippen LogP contribution in [0.15, 0.2) is 30.5 Å². The van der Waals surface area contributed by atoms with Gasteiger partial charge in [0.25, 0.3) is 5.91 Å². The molecule has 0 spiro atoms. The van der Waals surface area contributed by atoms with E-state index in [0.717, 1.165) is 24.1 Å². The molecule has 0 unspecified atom stereocenters. The van der Waals surface area contributed by atoms with Crippen LogP contribution in [0.3, 0.4) is 0 Å². The molecule has 22 heavy (non-hydrogen) atoms. The number of aromatic nitrogens is 2. The second-order valence-corrected chi connectivity index (χ2v) is 6.26. The summed E-state index contributed by atoms with van der Waals surface area (Å²) in [5.41, 5.74) is 2.24. The number of amides is 1. The molecular weight excluding hydrogens is 298 g/mol. The molecule has 1 heterocycles. The summed E-state index contributed by atoms with van der Waals surface area (Å²) in [7, 11) is 0. The van der Waals surface area contributed by atoms with E-state index in [1.54, 1.807) is 6.20 Å².